The number of nitrogens with zero attached hydrogens (tertiary/aromatic N) is 6. The van der Waals surface area contributed by atoms with Gasteiger partial charge in [-0.3, -0.25) is 9.48 Å². The molecular weight excluding hydrogens is 332 g/mol. The molecule has 138 valence electrons. The zero-order chi connectivity index (χ0) is 18.1. The third kappa shape index (κ3) is 3.16. The molecule has 0 unspecified atom stereocenters. The van der Waals surface area contributed by atoms with Crippen molar-refractivity contribution in [1.82, 2.24) is 24.6 Å². The van der Waals surface area contributed by atoms with Gasteiger partial charge in [0.05, 0.1) is 24.6 Å². The summed E-state index contributed by atoms with van der Waals surface area (Å²) in [6, 6.07) is 1.85. The molecule has 2 aliphatic heterocycles. The second-order valence-electron chi connectivity index (χ2n) is 6.81. The number of morpholine rings is 1. The lowest BCUT2D eigenvalue weighted by Crippen LogP contribution is -2.37. The van der Waals surface area contributed by atoms with E-state index in [1.165, 1.54) is 5.56 Å². The molecule has 0 saturated carbocycles. The number of rotatable bonds is 2. The normalized spacial score (nSPS) is 17.8. The molecule has 0 bridgehead atoms. The summed E-state index contributed by atoms with van der Waals surface area (Å²) in [6.45, 7) is 6.38. The Bertz CT molecular complexity index is 812. The molecule has 1 fully saturated rings. The number of amides is 1. The zero-order valence-electron chi connectivity index (χ0n) is 15.3. The van der Waals surface area contributed by atoms with E-state index in [1.807, 2.05) is 24.9 Å². The van der Waals surface area contributed by atoms with Crippen LogP contribution in [0.4, 0.5) is 5.82 Å². The SMILES string of the molecule is Cc1cc(C(=O)N2CCc3ncnc(N4CCOCC4)c3CC2)n(C)n1. The van der Waals surface area contributed by atoms with Gasteiger partial charge in [-0.15, -0.1) is 0 Å². The predicted molar refractivity (Wildman–Crippen MR) is 96.3 cm³/mol. The van der Waals surface area contributed by atoms with Gasteiger partial charge in [-0.25, -0.2) is 9.97 Å². The van der Waals surface area contributed by atoms with E-state index in [1.54, 1.807) is 11.0 Å². The van der Waals surface area contributed by atoms with Crippen LogP contribution < -0.4 is 4.90 Å². The summed E-state index contributed by atoms with van der Waals surface area (Å²) in [7, 11) is 1.81. The first-order valence-electron chi connectivity index (χ1n) is 9.09. The van der Waals surface area contributed by atoms with E-state index in [9.17, 15) is 4.79 Å². The third-order valence-corrected chi connectivity index (χ3v) is 5.08. The fraction of sp³-hybridized carbons (Fsp3) is 0.556. The van der Waals surface area contributed by atoms with Gasteiger partial charge in [0.1, 0.15) is 17.8 Å². The number of hydrogen-bond acceptors (Lipinski definition) is 6. The van der Waals surface area contributed by atoms with E-state index >= 15 is 0 Å². The van der Waals surface area contributed by atoms with Gasteiger partial charge >= 0.3 is 0 Å². The average molecular weight is 356 g/mol. The van der Waals surface area contributed by atoms with E-state index in [-0.39, 0.29) is 5.91 Å². The Labute approximate surface area is 152 Å². The van der Waals surface area contributed by atoms with Crippen molar-refractivity contribution in [2.45, 2.75) is 19.8 Å². The van der Waals surface area contributed by atoms with Crippen molar-refractivity contribution in [2.24, 2.45) is 7.05 Å². The summed E-state index contributed by atoms with van der Waals surface area (Å²) in [4.78, 5) is 26.1. The fourth-order valence-corrected chi connectivity index (χ4v) is 3.73. The first-order valence-corrected chi connectivity index (χ1v) is 9.09. The van der Waals surface area contributed by atoms with Gasteiger partial charge in [0.2, 0.25) is 0 Å². The molecule has 0 aliphatic carbocycles. The molecule has 2 aromatic heterocycles. The second kappa shape index (κ2) is 7.03. The van der Waals surface area contributed by atoms with Gasteiger partial charge in [0.15, 0.2) is 0 Å². The van der Waals surface area contributed by atoms with Crippen molar-refractivity contribution >= 4 is 11.7 Å². The standard InChI is InChI=1S/C18H24N6O2/c1-13-11-16(22(2)21-13)18(25)24-5-3-14-15(4-6-24)19-12-20-17(14)23-7-9-26-10-8-23/h11-12H,3-10H2,1-2H3. The first kappa shape index (κ1) is 17.0. The number of ether oxygens (including phenoxy) is 1. The van der Waals surface area contributed by atoms with Gasteiger partial charge in [-0.2, -0.15) is 5.10 Å². The van der Waals surface area contributed by atoms with Crippen LogP contribution in [0.3, 0.4) is 0 Å². The fourth-order valence-electron chi connectivity index (χ4n) is 3.73. The summed E-state index contributed by atoms with van der Waals surface area (Å²) < 4.78 is 7.12. The monoisotopic (exact) mass is 356 g/mol. The quantitative estimate of drug-likeness (QED) is 0.784. The highest BCUT2D eigenvalue weighted by atomic mass is 16.5. The lowest BCUT2D eigenvalue weighted by molar-refractivity contribution is 0.0752. The Morgan fingerprint density at radius 3 is 2.62 bits per heavy atom. The van der Waals surface area contributed by atoms with Gasteiger partial charge in [0.25, 0.3) is 5.91 Å². The van der Waals surface area contributed by atoms with Crippen LogP contribution in [0.25, 0.3) is 0 Å². The lowest BCUT2D eigenvalue weighted by Gasteiger charge is -2.29. The second-order valence-corrected chi connectivity index (χ2v) is 6.81. The maximum Gasteiger partial charge on any atom is 0.272 e. The molecule has 26 heavy (non-hydrogen) atoms. The molecule has 0 N–H and O–H groups in total. The first-order chi connectivity index (χ1) is 12.6. The highest BCUT2D eigenvalue weighted by Gasteiger charge is 2.26. The molecule has 1 amide bonds. The van der Waals surface area contributed by atoms with Crippen molar-refractivity contribution < 1.29 is 9.53 Å². The van der Waals surface area contributed by atoms with Crippen molar-refractivity contribution in [3.05, 3.63) is 35.0 Å². The van der Waals surface area contributed by atoms with Crippen LogP contribution in [0, 0.1) is 6.92 Å². The van der Waals surface area contributed by atoms with Gasteiger partial charge in [-0.1, -0.05) is 0 Å². The summed E-state index contributed by atoms with van der Waals surface area (Å²) >= 11 is 0. The van der Waals surface area contributed by atoms with Crippen LogP contribution in [0.15, 0.2) is 12.4 Å². The smallest absolute Gasteiger partial charge is 0.272 e. The molecule has 4 rings (SSSR count). The Hall–Kier alpha value is -2.48. The van der Waals surface area contributed by atoms with Crippen LogP contribution in [-0.4, -0.2) is 69.9 Å². The Morgan fingerprint density at radius 2 is 1.88 bits per heavy atom. The van der Waals surface area contributed by atoms with Gasteiger partial charge in [0, 0.05) is 45.2 Å². The number of carbonyl (C=O) groups is 1. The van der Waals surface area contributed by atoms with Crippen LogP contribution in [0.2, 0.25) is 0 Å². The maximum absolute atomic E-state index is 12.9. The van der Waals surface area contributed by atoms with Gasteiger partial charge < -0.3 is 14.5 Å². The van der Waals surface area contributed by atoms with Crippen molar-refractivity contribution in [3.8, 4) is 0 Å². The molecule has 8 heteroatoms. The predicted octanol–water partition coefficient (Wildman–Crippen LogP) is 0.596. The molecule has 1 saturated heterocycles. The molecule has 2 aliphatic rings. The summed E-state index contributed by atoms with van der Waals surface area (Å²) in [5.74, 6) is 1.03. The van der Waals surface area contributed by atoms with Crippen molar-refractivity contribution in [1.29, 1.82) is 0 Å². The number of carbonyl (C=O) groups excluding carboxylic acids is 1. The van der Waals surface area contributed by atoms with Crippen LogP contribution in [0.5, 0.6) is 0 Å². The van der Waals surface area contributed by atoms with Crippen molar-refractivity contribution in [3.63, 3.8) is 0 Å². The molecule has 0 aromatic carbocycles. The number of aryl methyl sites for hydroxylation is 2. The molecule has 8 nitrogen and oxygen atoms in total. The Morgan fingerprint density at radius 1 is 1.12 bits per heavy atom. The number of fused-ring (bicyclic) bond motifs is 1. The Balaban J connectivity index is 1.55. The van der Waals surface area contributed by atoms with E-state index in [0.717, 1.165) is 56.4 Å². The Kier molecular flexibility index (Phi) is 4.58. The van der Waals surface area contributed by atoms with E-state index in [4.69, 9.17) is 4.74 Å². The molecule has 0 atom stereocenters. The molecular formula is C18H24N6O2. The molecule has 4 heterocycles. The van der Waals surface area contributed by atoms with E-state index in [0.29, 0.717) is 18.8 Å². The van der Waals surface area contributed by atoms with Crippen molar-refractivity contribution in [2.75, 3.05) is 44.3 Å². The largest absolute Gasteiger partial charge is 0.378 e. The molecule has 0 radical (unpaired) electrons. The summed E-state index contributed by atoms with van der Waals surface area (Å²) in [5.41, 5.74) is 3.71. The molecule has 0 spiro atoms. The van der Waals surface area contributed by atoms with E-state index in [2.05, 4.69) is 20.0 Å². The minimum absolute atomic E-state index is 0.0294. The minimum Gasteiger partial charge on any atom is -0.378 e. The highest BCUT2D eigenvalue weighted by Crippen LogP contribution is 2.25. The van der Waals surface area contributed by atoms with Crippen LogP contribution >= 0.6 is 0 Å². The van der Waals surface area contributed by atoms with Gasteiger partial charge in [-0.05, 0) is 19.4 Å². The van der Waals surface area contributed by atoms with E-state index < -0.39 is 0 Å². The number of hydrogen-bond donors (Lipinski definition) is 0. The molecule has 2 aromatic rings. The minimum atomic E-state index is 0.0294. The number of anilines is 1. The highest BCUT2D eigenvalue weighted by molar-refractivity contribution is 5.92. The number of aromatic nitrogens is 4. The zero-order valence-corrected chi connectivity index (χ0v) is 15.3. The average Bonchev–Trinajstić information content (AvgIpc) is 2.87. The topological polar surface area (TPSA) is 76.4 Å². The van der Waals surface area contributed by atoms with Crippen LogP contribution in [-0.2, 0) is 24.6 Å². The summed E-state index contributed by atoms with van der Waals surface area (Å²) in [5, 5.41) is 4.29. The third-order valence-electron chi connectivity index (χ3n) is 5.08. The lowest BCUT2D eigenvalue weighted by atomic mass is 10.1. The van der Waals surface area contributed by atoms with Crippen LogP contribution in [0.1, 0.15) is 27.4 Å². The summed E-state index contributed by atoms with van der Waals surface area (Å²) in [6.07, 6.45) is 3.16. The maximum atomic E-state index is 12.9.